The van der Waals surface area contributed by atoms with Gasteiger partial charge in [0.2, 0.25) is 12.1 Å². The summed E-state index contributed by atoms with van der Waals surface area (Å²) in [5.74, 6) is -0.321. The Morgan fingerprint density at radius 3 is 2.24 bits per heavy atom. The van der Waals surface area contributed by atoms with Gasteiger partial charge in [-0.15, -0.1) is 0 Å². The number of carbonyl (C=O) groups excluding carboxylic acids is 3. The molecule has 4 aromatic rings. The molecule has 8 heteroatoms. The molecule has 1 heterocycles. The van der Waals surface area contributed by atoms with Gasteiger partial charge in [0.25, 0.3) is 5.91 Å². The molecule has 1 aliphatic rings. The van der Waals surface area contributed by atoms with Crippen molar-refractivity contribution in [3.63, 3.8) is 0 Å². The standard InChI is InChI=1S/C30H27N3O5/c34-27(32-26-28(35)33-29(26)38-24-13-5-2-6-14-24)25(31-30(36)37-19-20-9-3-1-4-10-20)18-21-15-16-22-11-7-8-12-23(22)17-21/h1-17,25-26,29H,18-19H2,(H,31,36)(H,32,34)(H,33,35)/t25-,26+,29-/m0/s1. The number of benzene rings is 4. The molecule has 3 amide bonds. The quantitative estimate of drug-likeness (QED) is 0.299. The first kappa shape index (κ1) is 24.8. The zero-order valence-corrected chi connectivity index (χ0v) is 20.5. The van der Waals surface area contributed by atoms with Gasteiger partial charge in [-0.1, -0.05) is 91.0 Å². The van der Waals surface area contributed by atoms with Crippen LogP contribution in [-0.2, 0) is 27.4 Å². The first-order valence-electron chi connectivity index (χ1n) is 12.3. The Morgan fingerprint density at radius 1 is 0.816 bits per heavy atom. The zero-order chi connectivity index (χ0) is 26.3. The first-order valence-corrected chi connectivity index (χ1v) is 12.3. The number of fused-ring (bicyclic) bond motifs is 1. The van der Waals surface area contributed by atoms with Crippen LogP contribution in [0.2, 0.25) is 0 Å². The van der Waals surface area contributed by atoms with Crippen molar-refractivity contribution < 1.29 is 23.9 Å². The van der Waals surface area contributed by atoms with Gasteiger partial charge >= 0.3 is 6.09 Å². The van der Waals surface area contributed by atoms with E-state index in [1.165, 1.54) is 0 Å². The highest BCUT2D eigenvalue weighted by Gasteiger charge is 2.43. The first-order chi connectivity index (χ1) is 18.5. The number of ether oxygens (including phenoxy) is 2. The van der Waals surface area contributed by atoms with E-state index in [0.29, 0.717) is 5.75 Å². The maximum atomic E-state index is 13.4. The maximum absolute atomic E-state index is 13.4. The van der Waals surface area contributed by atoms with Crippen molar-refractivity contribution in [3.05, 3.63) is 114 Å². The second-order valence-electron chi connectivity index (χ2n) is 8.99. The number of carbonyl (C=O) groups is 3. The largest absolute Gasteiger partial charge is 0.468 e. The number of para-hydroxylation sites is 1. The van der Waals surface area contributed by atoms with Crippen LogP contribution >= 0.6 is 0 Å². The minimum absolute atomic E-state index is 0.0645. The van der Waals surface area contributed by atoms with Crippen LogP contribution in [0, 0.1) is 0 Å². The second kappa shape index (κ2) is 11.5. The molecule has 0 unspecified atom stereocenters. The van der Waals surface area contributed by atoms with Gasteiger partial charge in [-0.25, -0.2) is 4.79 Å². The van der Waals surface area contributed by atoms with E-state index in [4.69, 9.17) is 9.47 Å². The number of β-lactam (4-membered cyclic amide) rings is 1. The number of amides is 3. The van der Waals surface area contributed by atoms with Crippen LogP contribution in [0.25, 0.3) is 10.8 Å². The lowest BCUT2D eigenvalue weighted by Crippen LogP contribution is -2.72. The minimum Gasteiger partial charge on any atom is -0.468 e. The van der Waals surface area contributed by atoms with Crippen LogP contribution in [0.15, 0.2) is 103 Å². The molecule has 192 valence electrons. The molecule has 4 aromatic carbocycles. The van der Waals surface area contributed by atoms with Crippen molar-refractivity contribution >= 4 is 28.7 Å². The number of hydrogen-bond acceptors (Lipinski definition) is 5. The fraction of sp³-hybridized carbons (Fsp3) is 0.167. The topological polar surface area (TPSA) is 106 Å². The molecule has 0 saturated carbocycles. The third-order valence-electron chi connectivity index (χ3n) is 6.25. The van der Waals surface area contributed by atoms with Gasteiger partial charge in [-0.2, -0.15) is 0 Å². The lowest BCUT2D eigenvalue weighted by Gasteiger charge is -2.37. The predicted molar refractivity (Wildman–Crippen MR) is 142 cm³/mol. The SMILES string of the molecule is O=C(N[C@@H](Cc1ccc2ccccc2c1)C(=O)N[C@@H]1C(=O)N[C@H]1Oc1ccccc1)OCc1ccccc1. The van der Waals surface area contributed by atoms with Crippen LogP contribution in [0.3, 0.4) is 0 Å². The molecule has 0 spiro atoms. The van der Waals surface area contributed by atoms with E-state index in [-0.39, 0.29) is 18.9 Å². The minimum atomic E-state index is -0.981. The molecular weight excluding hydrogens is 482 g/mol. The number of nitrogens with one attached hydrogen (secondary N) is 3. The van der Waals surface area contributed by atoms with Crippen LogP contribution < -0.4 is 20.7 Å². The van der Waals surface area contributed by atoms with Crippen molar-refractivity contribution in [3.8, 4) is 5.75 Å². The van der Waals surface area contributed by atoms with Crippen LogP contribution in [-0.4, -0.2) is 36.2 Å². The van der Waals surface area contributed by atoms with Crippen molar-refractivity contribution in [1.82, 2.24) is 16.0 Å². The number of hydrogen-bond donors (Lipinski definition) is 3. The van der Waals surface area contributed by atoms with Gasteiger partial charge < -0.3 is 25.4 Å². The van der Waals surface area contributed by atoms with Crippen molar-refractivity contribution in [2.24, 2.45) is 0 Å². The molecule has 1 saturated heterocycles. The number of alkyl carbamates (subject to hydrolysis) is 1. The Labute approximate surface area is 220 Å². The Kier molecular flexibility index (Phi) is 7.49. The van der Waals surface area contributed by atoms with Crippen molar-refractivity contribution in [2.45, 2.75) is 31.3 Å². The van der Waals surface area contributed by atoms with Gasteiger partial charge in [-0.3, -0.25) is 9.59 Å². The summed E-state index contributed by atoms with van der Waals surface area (Å²) in [4.78, 5) is 38.3. The van der Waals surface area contributed by atoms with E-state index in [1.807, 2.05) is 91.0 Å². The molecule has 0 aromatic heterocycles. The van der Waals surface area contributed by atoms with Gasteiger partial charge in [0, 0.05) is 6.42 Å². The summed E-state index contributed by atoms with van der Waals surface area (Å²) >= 11 is 0. The van der Waals surface area contributed by atoms with Gasteiger partial charge in [0.15, 0.2) is 6.04 Å². The van der Waals surface area contributed by atoms with Crippen LogP contribution in [0.5, 0.6) is 5.75 Å². The molecule has 0 radical (unpaired) electrons. The third kappa shape index (κ3) is 6.10. The summed E-state index contributed by atoms with van der Waals surface area (Å²) in [7, 11) is 0. The maximum Gasteiger partial charge on any atom is 0.408 e. The molecule has 0 bridgehead atoms. The highest BCUT2D eigenvalue weighted by atomic mass is 16.5. The lowest BCUT2D eigenvalue weighted by atomic mass is 10.0. The molecule has 0 aliphatic carbocycles. The molecule has 1 aliphatic heterocycles. The average molecular weight is 510 g/mol. The Bertz CT molecular complexity index is 1430. The fourth-order valence-electron chi connectivity index (χ4n) is 4.21. The Balaban J connectivity index is 1.28. The van der Waals surface area contributed by atoms with Crippen LogP contribution in [0.1, 0.15) is 11.1 Å². The second-order valence-corrected chi connectivity index (χ2v) is 8.99. The summed E-state index contributed by atoms with van der Waals surface area (Å²) in [6, 6.07) is 30.1. The normalized spacial score (nSPS) is 17.0. The monoisotopic (exact) mass is 509 g/mol. The Morgan fingerprint density at radius 2 is 1.50 bits per heavy atom. The van der Waals surface area contributed by atoms with Gasteiger partial charge in [0.05, 0.1) is 0 Å². The van der Waals surface area contributed by atoms with E-state index < -0.39 is 30.3 Å². The molecule has 1 fully saturated rings. The molecule has 38 heavy (non-hydrogen) atoms. The van der Waals surface area contributed by atoms with E-state index in [2.05, 4.69) is 16.0 Å². The molecule has 5 rings (SSSR count). The van der Waals surface area contributed by atoms with Crippen molar-refractivity contribution in [2.75, 3.05) is 0 Å². The highest BCUT2D eigenvalue weighted by molar-refractivity contribution is 5.95. The summed E-state index contributed by atoms with van der Waals surface area (Å²) in [6.45, 7) is 0.0645. The molecule has 8 nitrogen and oxygen atoms in total. The van der Waals surface area contributed by atoms with E-state index in [9.17, 15) is 14.4 Å². The highest BCUT2D eigenvalue weighted by Crippen LogP contribution is 2.18. The van der Waals surface area contributed by atoms with E-state index in [1.54, 1.807) is 12.1 Å². The molecule has 3 atom stereocenters. The zero-order valence-electron chi connectivity index (χ0n) is 20.5. The van der Waals surface area contributed by atoms with Gasteiger partial charge in [-0.05, 0) is 34.0 Å². The molecule has 3 N–H and O–H groups in total. The van der Waals surface area contributed by atoms with E-state index in [0.717, 1.165) is 21.9 Å². The van der Waals surface area contributed by atoms with Crippen LogP contribution in [0.4, 0.5) is 4.79 Å². The summed E-state index contributed by atoms with van der Waals surface area (Å²) in [5.41, 5.74) is 1.67. The summed E-state index contributed by atoms with van der Waals surface area (Å²) in [6.07, 6.45) is -1.25. The average Bonchev–Trinajstić information content (AvgIpc) is 2.95. The Hall–Kier alpha value is -4.85. The van der Waals surface area contributed by atoms with Crippen molar-refractivity contribution in [1.29, 1.82) is 0 Å². The predicted octanol–water partition coefficient (Wildman–Crippen LogP) is 3.70. The summed E-state index contributed by atoms with van der Waals surface area (Å²) < 4.78 is 11.1. The fourth-order valence-corrected chi connectivity index (χ4v) is 4.21. The molecular formula is C30H27N3O5. The van der Waals surface area contributed by atoms with Gasteiger partial charge in [0.1, 0.15) is 18.4 Å². The summed E-state index contributed by atoms with van der Waals surface area (Å²) in [5, 5.41) is 10.1. The van der Waals surface area contributed by atoms with E-state index >= 15 is 0 Å². The lowest BCUT2D eigenvalue weighted by molar-refractivity contribution is -0.143. The third-order valence-corrected chi connectivity index (χ3v) is 6.25. The smallest absolute Gasteiger partial charge is 0.408 e. The number of rotatable bonds is 9.